The summed E-state index contributed by atoms with van der Waals surface area (Å²) in [5, 5.41) is 28.2. The number of nitrogens with zero attached hydrogens (tertiary/aromatic N) is 9. The summed E-state index contributed by atoms with van der Waals surface area (Å²) in [5.41, 5.74) is 21.5. The van der Waals surface area contributed by atoms with Crippen LogP contribution in [0.3, 0.4) is 0 Å². The molecule has 1 aliphatic rings. The van der Waals surface area contributed by atoms with Gasteiger partial charge in [0.1, 0.15) is 88.6 Å². The van der Waals surface area contributed by atoms with Crippen molar-refractivity contribution in [2.45, 2.75) is 215 Å². The third-order valence-corrected chi connectivity index (χ3v) is 22.3. The highest BCUT2D eigenvalue weighted by Gasteiger charge is 2.32. The second-order valence-corrected chi connectivity index (χ2v) is 37.3. The van der Waals surface area contributed by atoms with Gasteiger partial charge < -0.3 is 42.6 Å². The fraction of sp³-hybridized carbons (Fsp3) is 0.394. The summed E-state index contributed by atoms with van der Waals surface area (Å²) in [6.07, 6.45) is 8.44. The average Bonchev–Trinajstić information content (AvgIpc) is 0.878. The van der Waals surface area contributed by atoms with Gasteiger partial charge in [0.2, 0.25) is 0 Å². The van der Waals surface area contributed by atoms with Crippen molar-refractivity contribution in [1.29, 1.82) is 0 Å². The molecule has 0 N–H and O–H groups in total. The molecule has 12 aromatic rings. The summed E-state index contributed by atoms with van der Waals surface area (Å²) in [6.45, 7) is 41.5. The molecule has 13 rings (SSSR count). The van der Waals surface area contributed by atoms with E-state index >= 15 is 0 Å². The van der Waals surface area contributed by atoms with Crippen LogP contribution in [0.25, 0.3) is 17.1 Å². The summed E-state index contributed by atoms with van der Waals surface area (Å²) >= 11 is 0. The quantitative estimate of drug-likeness (QED) is 0.0793. The molecule has 0 spiro atoms. The smallest absolute Gasteiger partial charge is 0.134 e. The number of hydrogen-bond acceptors (Lipinski definition) is 15. The topological polar surface area (TPSA) is 175 Å². The van der Waals surface area contributed by atoms with E-state index in [0.29, 0.717) is 55.6 Å². The van der Waals surface area contributed by atoms with Gasteiger partial charge in [0, 0.05) is 38.5 Å². The Morgan fingerprint density at radius 3 is 0.564 bits per heavy atom. The molecule has 0 fully saturated rings. The predicted octanol–water partition coefficient (Wildman–Crippen LogP) is 20.9. The fourth-order valence-corrected chi connectivity index (χ4v) is 15.4. The number of rotatable bonds is 18. The summed E-state index contributed by atoms with van der Waals surface area (Å²) in [4.78, 5) is 0. The van der Waals surface area contributed by atoms with Crippen LogP contribution in [-0.4, -0.2) is 87.6 Å². The first kappa shape index (κ1) is 83.5. The van der Waals surface area contributed by atoms with Crippen molar-refractivity contribution in [3.05, 3.63) is 281 Å². The van der Waals surface area contributed by atoms with E-state index in [1.165, 1.54) is 0 Å². The van der Waals surface area contributed by atoms with E-state index < -0.39 is 0 Å². The Kier molecular flexibility index (Phi) is 23.8. The van der Waals surface area contributed by atoms with Crippen molar-refractivity contribution >= 4 is 0 Å². The molecule has 0 saturated carbocycles. The van der Waals surface area contributed by atoms with E-state index in [2.05, 4.69) is 213 Å². The van der Waals surface area contributed by atoms with Gasteiger partial charge in [0.05, 0.1) is 78.3 Å². The minimum absolute atomic E-state index is 0.118. The third-order valence-electron chi connectivity index (χ3n) is 22.3. The van der Waals surface area contributed by atoms with Crippen LogP contribution in [0.2, 0.25) is 0 Å². The average molecular weight is 1580 g/mol. The van der Waals surface area contributed by atoms with Crippen LogP contribution in [0.5, 0.6) is 51.7 Å². The van der Waals surface area contributed by atoms with Gasteiger partial charge >= 0.3 is 0 Å². The molecule has 1 aliphatic carbocycles. The minimum Gasteiger partial charge on any atom is -0.497 e. The van der Waals surface area contributed by atoms with Crippen LogP contribution in [0.1, 0.15) is 242 Å². The molecule has 0 atom stereocenters. The molecule has 9 aromatic carbocycles. The highest BCUT2D eigenvalue weighted by atomic mass is 16.5. The molecule has 18 heteroatoms. The number of aromatic nitrogens is 9. The monoisotopic (exact) mass is 1580 g/mol. The number of hydrogen-bond donors (Lipinski definition) is 0. The molecule has 0 aliphatic heterocycles. The summed E-state index contributed by atoms with van der Waals surface area (Å²) in [7, 11) is 10.4. The molecule has 18 nitrogen and oxygen atoms in total. The zero-order valence-corrected chi connectivity index (χ0v) is 73.2. The fourth-order valence-electron chi connectivity index (χ4n) is 15.4. The minimum atomic E-state index is -0.318. The van der Waals surface area contributed by atoms with Gasteiger partial charge in [-0.3, -0.25) is 0 Å². The Labute approximate surface area is 692 Å². The number of fused-ring (bicyclic) bond motifs is 12. The van der Waals surface area contributed by atoms with Gasteiger partial charge in [-0.05, 0) is 205 Å². The molecule has 117 heavy (non-hydrogen) atoms. The predicted molar refractivity (Wildman–Crippen MR) is 464 cm³/mol. The largest absolute Gasteiger partial charge is 0.497 e. The lowest BCUT2D eigenvalue weighted by atomic mass is 9.79. The number of ether oxygens (including phenoxy) is 9. The lowest BCUT2D eigenvalue weighted by molar-refractivity contribution is 0.295. The Morgan fingerprint density at radius 1 is 0.239 bits per heavy atom. The van der Waals surface area contributed by atoms with Gasteiger partial charge in [-0.15, -0.1) is 15.3 Å². The highest BCUT2D eigenvalue weighted by Crippen LogP contribution is 2.47. The number of benzene rings is 9. The maximum absolute atomic E-state index is 7.50. The van der Waals surface area contributed by atoms with Crippen molar-refractivity contribution < 1.29 is 42.6 Å². The molecular formula is C99H117N9O9. The standard InChI is InChI=1S/C99H117N9O9/c1-94(2,3)73-43-61-37-67-49-76(97(10,11)12)51-69(91(67)115-58-79-55-106(103-100-79)82-25-31-85(109-19)32-26-82)39-63-45-74(95(4,5)6)47-65(89(63)113-23)41-71-53-78(99(16,17)18)54-72(93(71)117-60-81-57-108(105-102-81)84-29-35-87(111-21)36-30-84)42-66-48-75(96(7,8)9)46-64(90(66)114-24)40-70-52-77(98(13,14)15)50-68(38-62(44-73)88(61)112-22)92(70)116-59-80-56-107(104-101-80)83-27-33-86(110-20)34-28-83/h25-36,43-57H,37-42,58-60H2,1-24H3. The molecule has 0 saturated heterocycles. The van der Waals surface area contributed by atoms with Gasteiger partial charge in [0.15, 0.2) is 0 Å². The van der Waals surface area contributed by atoms with Gasteiger partial charge in [-0.2, -0.15) is 0 Å². The molecule has 3 aromatic heterocycles. The molecule has 0 radical (unpaired) electrons. The van der Waals surface area contributed by atoms with Crippen LogP contribution in [0.15, 0.2) is 164 Å². The van der Waals surface area contributed by atoms with E-state index in [0.717, 1.165) is 169 Å². The maximum Gasteiger partial charge on any atom is 0.134 e. The Bertz CT molecular complexity index is 4860. The van der Waals surface area contributed by atoms with Crippen molar-refractivity contribution in [2.24, 2.45) is 0 Å². The van der Waals surface area contributed by atoms with Crippen molar-refractivity contribution in [3.63, 3.8) is 0 Å². The number of methoxy groups -OCH3 is 6. The maximum atomic E-state index is 7.50. The van der Waals surface area contributed by atoms with E-state index in [9.17, 15) is 0 Å². The van der Waals surface area contributed by atoms with E-state index in [-0.39, 0.29) is 52.3 Å². The van der Waals surface area contributed by atoms with Crippen molar-refractivity contribution in [3.8, 4) is 68.8 Å². The SMILES string of the molecule is COc1ccc(-n2cc(COc3c4cc(C(C)(C)C)cc3Cc3cc(C(C)(C)C)cc(c3OC)Cc3cc(C(C)(C)C)cc(c3OCc3cn(-c5ccc(OC)cc5)nn3)Cc3cc(C(C)(C)C)cc(c3OC)Cc3cc(C(C)(C)C)cc(c3OCc3cn(-c5ccc(OC)cc5)nn3)Cc3cc(C(C)(C)C)cc(c3OC)C4)nn2)cc1. The molecule has 0 amide bonds. The van der Waals surface area contributed by atoms with Crippen molar-refractivity contribution in [2.75, 3.05) is 42.7 Å². The first-order valence-corrected chi connectivity index (χ1v) is 40.5. The molecular weight excluding hydrogens is 1460 g/mol. The molecule has 3 heterocycles. The van der Waals surface area contributed by atoms with E-state index in [4.69, 9.17) is 57.9 Å². The normalized spacial score (nSPS) is 13.0. The zero-order chi connectivity index (χ0) is 83.8. The van der Waals surface area contributed by atoms with Crippen molar-refractivity contribution in [1.82, 2.24) is 45.0 Å². The van der Waals surface area contributed by atoms with Crippen LogP contribution >= 0.6 is 0 Å². The second kappa shape index (κ2) is 33.3. The molecule has 612 valence electrons. The Morgan fingerprint density at radius 2 is 0.410 bits per heavy atom. The Hall–Kier alpha value is -11.4. The lowest BCUT2D eigenvalue weighted by Crippen LogP contribution is -2.17. The first-order valence-electron chi connectivity index (χ1n) is 40.5. The first-order chi connectivity index (χ1) is 55.4. The summed E-state index contributed by atoms with van der Waals surface area (Å²) < 4.78 is 65.2. The van der Waals surface area contributed by atoms with Crippen LogP contribution < -0.4 is 42.6 Å². The molecule has 0 unspecified atom stereocenters. The molecule has 12 bridgehead atoms. The second-order valence-electron chi connectivity index (χ2n) is 37.3. The summed E-state index contributed by atoms with van der Waals surface area (Å²) in [6, 6.07) is 51.5. The lowest BCUT2D eigenvalue weighted by Gasteiger charge is -2.29. The van der Waals surface area contributed by atoms with Crippen LogP contribution in [-0.2, 0) is 90.8 Å². The van der Waals surface area contributed by atoms with Gasteiger partial charge in [0.25, 0.3) is 0 Å². The van der Waals surface area contributed by atoms with Gasteiger partial charge in [-0.25, -0.2) is 14.0 Å². The van der Waals surface area contributed by atoms with Gasteiger partial charge in [-0.1, -0.05) is 213 Å². The zero-order valence-electron chi connectivity index (χ0n) is 73.2. The highest BCUT2D eigenvalue weighted by molar-refractivity contribution is 5.62. The third kappa shape index (κ3) is 19.0. The Balaban J connectivity index is 1.09. The van der Waals surface area contributed by atoms with E-state index in [1.54, 1.807) is 56.7 Å². The van der Waals surface area contributed by atoms with E-state index in [1.807, 2.05) is 91.4 Å². The summed E-state index contributed by atoms with van der Waals surface area (Å²) in [5.74, 6) is 6.79. The van der Waals surface area contributed by atoms with Crippen LogP contribution in [0, 0.1) is 0 Å². The van der Waals surface area contributed by atoms with Crippen LogP contribution in [0.4, 0.5) is 0 Å².